The van der Waals surface area contributed by atoms with E-state index in [0.717, 1.165) is 31.1 Å². The van der Waals surface area contributed by atoms with Gasteiger partial charge in [0, 0.05) is 25.1 Å². The van der Waals surface area contributed by atoms with Gasteiger partial charge in [-0.2, -0.15) is 0 Å². The fourth-order valence-electron chi connectivity index (χ4n) is 4.86. The lowest BCUT2D eigenvalue weighted by molar-refractivity contribution is 0.207. The molecule has 0 bridgehead atoms. The zero-order chi connectivity index (χ0) is 18.8. The monoisotopic (exact) mass is 377 g/mol. The summed E-state index contributed by atoms with van der Waals surface area (Å²) in [4.78, 5) is 10.3. The van der Waals surface area contributed by atoms with Crippen LogP contribution in [0.25, 0.3) is 0 Å². The van der Waals surface area contributed by atoms with E-state index in [1.54, 1.807) is 0 Å². The van der Waals surface area contributed by atoms with E-state index in [1.807, 2.05) is 6.07 Å². The van der Waals surface area contributed by atoms with E-state index in [4.69, 9.17) is 9.72 Å². The molecule has 0 atom stereocenters. The molecule has 0 saturated carbocycles. The first-order chi connectivity index (χ1) is 13.8. The molecule has 0 unspecified atom stereocenters. The molecule has 3 aliphatic heterocycles. The van der Waals surface area contributed by atoms with Gasteiger partial charge in [-0.3, -0.25) is 9.80 Å². The summed E-state index contributed by atoms with van der Waals surface area (Å²) in [7, 11) is 0. The van der Waals surface area contributed by atoms with Gasteiger partial charge in [0.25, 0.3) is 0 Å². The van der Waals surface area contributed by atoms with Crippen LogP contribution in [0.5, 0.6) is 11.6 Å². The number of fused-ring (bicyclic) bond motifs is 2. The van der Waals surface area contributed by atoms with Crippen LogP contribution in [0.1, 0.15) is 60.9 Å². The molecular formula is C24H31N3O. The van der Waals surface area contributed by atoms with Crippen molar-refractivity contribution in [1.29, 1.82) is 0 Å². The molecule has 5 rings (SSSR count). The summed E-state index contributed by atoms with van der Waals surface area (Å²) in [5, 5.41) is 0. The van der Waals surface area contributed by atoms with Gasteiger partial charge in [0.05, 0.1) is 5.69 Å². The van der Waals surface area contributed by atoms with Crippen LogP contribution in [-0.2, 0) is 19.5 Å². The molecule has 1 aromatic heterocycles. The molecular weight excluding hydrogens is 346 g/mol. The first kappa shape index (κ1) is 18.1. The van der Waals surface area contributed by atoms with Crippen LogP contribution < -0.4 is 4.74 Å². The minimum atomic E-state index is 0.827. The van der Waals surface area contributed by atoms with Crippen molar-refractivity contribution in [3.05, 3.63) is 52.7 Å². The molecule has 2 fully saturated rings. The smallest absolute Gasteiger partial charge is 0.223 e. The van der Waals surface area contributed by atoms with Crippen LogP contribution in [0.3, 0.4) is 0 Å². The number of piperidine rings is 2. The van der Waals surface area contributed by atoms with Gasteiger partial charge >= 0.3 is 0 Å². The van der Waals surface area contributed by atoms with Crippen LogP contribution in [0.4, 0.5) is 0 Å². The van der Waals surface area contributed by atoms with Gasteiger partial charge in [0.1, 0.15) is 5.75 Å². The number of benzene rings is 1. The molecule has 1 aromatic carbocycles. The average Bonchev–Trinajstić information content (AvgIpc) is 2.74. The Bertz CT molecular complexity index is 755. The second-order valence-corrected chi connectivity index (χ2v) is 8.62. The van der Waals surface area contributed by atoms with E-state index in [9.17, 15) is 0 Å². The van der Waals surface area contributed by atoms with Crippen molar-refractivity contribution in [2.75, 3.05) is 26.2 Å². The van der Waals surface area contributed by atoms with E-state index in [2.05, 4.69) is 34.1 Å². The highest BCUT2D eigenvalue weighted by atomic mass is 16.5. The molecule has 0 radical (unpaired) electrons. The van der Waals surface area contributed by atoms with Gasteiger partial charge in [-0.15, -0.1) is 0 Å². The molecule has 2 saturated heterocycles. The van der Waals surface area contributed by atoms with Gasteiger partial charge < -0.3 is 4.74 Å². The number of nitrogens with zero attached hydrogens (tertiary/aromatic N) is 3. The predicted molar refractivity (Wildman–Crippen MR) is 112 cm³/mol. The van der Waals surface area contributed by atoms with Gasteiger partial charge in [-0.05, 0) is 75.1 Å². The third kappa shape index (κ3) is 3.94. The minimum Gasteiger partial charge on any atom is -0.438 e. The molecule has 2 aromatic rings. The Morgan fingerprint density at radius 1 is 0.786 bits per heavy atom. The number of hydrogen-bond acceptors (Lipinski definition) is 4. The Kier molecular flexibility index (Phi) is 5.32. The molecule has 4 heteroatoms. The molecule has 4 heterocycles. The van der Waals surface area contributed by atoms with Gasteiger partial charge in [0.15, 0.2) is 0 Å². The van der Waals surface area contributed by atoms with Crippen LogP contribution in [0.15, 0.2) is 30.3 Å². The zero-order valence-electron chi connectivity index (χ0n) is 16.8. The molecule has 0 aliphatic carbocycles. The maximum atomic E-state index is 6.21. The third-order valence-electron chi connectivity index (χ3n) is 6.46. The molecule has 28 heavy (non-hydrogen) atoms. The summed E-state index contributed by atoms with van der Waals surface area (Å²) in [6.45, 7) is 6.84. The Morgan fingerprint density at radius 2 is 1.46 bits per heavy atom. The Hall–Kier alpha value is -1.91. The number of aromatic nitrogens is 1. The molecule has 148 valence electrons. The number of rotatable bonds is 4. The minimum absolute atomic E-state index is 0.827. The van der Waals surface area contributed by atoms with Crippen LogP contribution in [0, 0.1) is 0 Å². The lowest BCUT2D eigenvalue weighted by Crippen LogP contribution is -2.32. The van der Waals surface area contributed by atoms with Crippen LogP contribution >= 0.6 is 0 Å². The molecule has 0 amide bonds. The van der Waals surface area contributed by atoms with Crippen molar-refractivity contribution < 1.29 is 4.74 Å². The van der Waals surface area contributed by atoms with Crippen molar-refractivity contribution in [1.82, 2.24) is 14.8 Å². The lowest BCUT2D eigenvalue weighted by atomic mass is 9.99. The summed E-state index contributed by atoms with van der Waals surface area (Å²) in [6.07, 6.45) is 8.97. The standard InChI is InChI=1S/C24H31N3O/c1-5-11-26(12-6-1)17-21-16-20-15-19-9-3-4-10-23(19)28-24(20)25-22(21)18-27-13-7-2-8-14-27/h3-4,9-10,16H,1-2,5-8,11-15,17-18H2. The average molecular weight is 378 g/mol. The molecule has 4 nitrogen and oxygen atoms in total. The van der Waals surface area contributed by atoms with Crippen molar-refractivity contribution in [3.63, 3.8) is 0 Å². The summed E-state index contributed by atoms with van der Waals surface area (Å²) < 4.78 is 6.21. The second kappa shape index (κ2) is 8.22. The van der Waals surface area contributed by atoms with Crippen LogP contribution in [0.2, 0.25) is 0 Å². The highest BCUT2D eigenvalue weighted by molar-refractivity contribution is 5.48. The first-order valence-electron chi connectivity index (χ1n) is 11.1. The van der Waals surface area contributed by atoms with E-state index >= 15 is 0 Å². The fraction of sp³-hybridized carbons (Fsp3) is 0.542. The maximum Gasteiger partial charge on any atom is 0.223 e. The van der Waals surface area contributed by atoms with Crippen molar-refractivity contribution in [2.24, 2.45) is 0 Å². The van der Waals surface area contributed by atoms with Crippen molar-refractivity contribution >= 4 is 0 Å². The molecule has 3 aliphatic rings. The van der Waals surface area contributed by atoms with Crippen molar-refractivity contribution in [2.45, 2.75) is 58.0 Å². The van der Waals surface area contributed by atoms with Gasteiger partial charge in [-0.25, -0.2) is 4.98 Å². The summed E-state index contributed by atoms with van der Waals surface area (Å²) in [5.41, 5.74) is 5.15. The Labute approximate surface area is 168 Å². The third-order valence-corrected chi connectivity index (χ3v) is 6.46. The number of para-hydroxylation sites is 1. The van der Waals surface area contributed by atoms with E-state index in [-0.39, 0.29) is 0 Å². The van der Waals surface area contributed by atoms with Gasteiger partial charge in [0.2, 0.25) is 5.88 Å². The Balaban J connectivity index is 1.44. The number of hydrogen-bond donors (Lipinski definition) is 0. The first-order valence-corrected chi connectivity index (χ1v) is 11.1. The fourth-order valence-corrected chi connectivity index (χ4v) is 4.86. The predicted octanol–water partition coefficient (Wildman–Crippen LogP) is 4.75. The van der Waals surface area contributed by atoms with E-state index in [1.165, 1.54) is 87.1 Å². The van der Waals surface area contributed by atoms with E-state index in [0.29, 0.717) is 0 Å². The molecule has 0 N–H and O–H groups in total. The largest absolute Gasteiger partial charge is 0.438 e. The maximum absolute atomic E-state index is 6.21. The summed E-state index contributed by atoms with van der Waals surface area (Å²) in [5.74, 6) is 1.79. The highest BCUT2D eigenvalue weighted by Crippen LogP contribution is 2.36. The topological polar surface area (TPSA) is 28.6 Å². The number of pyridine rings is 1. The lowest BCUT2D eigenvalue weighted by Gasteiger charge is -2.30. The van der Waals surface area contributed by atoms with Gasteiger partial charge in [-0.1, -0.05) is 31.0 Å². The molecule has 0 spiro atoms. The Morgan fingerprint density at radius 3 is 2.21 bits per heavy atom. The number of likely N-dealkylation sites (tertiary alicyclic amines) is 2. The van der Waals surface area contributed by atoms with Crippen molar-refractivity contribution in [3.8, 4) is 11.6 Å². The SMILES string of the molecule is c1ccc2c(c1)Cc1cc(CN3CCCCC3)c(CN3CCCCC3)nc1O2. The summed E-state index contributed by atoms with van der Waals surface area (Å²) in [6, 6.07) is 10.8. The normalized spacial score (nSPS) is 20.3. The quantitative estimate of drug-likeness (QED) is 0.656. The van der Waals surface area contributed by atoms with E-state index < -0.39 is 0 Å². The zero-order valence-corrected chi connectivity index (χ0v) is 16.8. The van der Waals surface area contributed by atoms with Crippen LogP contribution in [-0.4, -0.2) is 41.0 Å². The highest BCUT2D eigenvalue weighted by Gasteiger charge is 2.23. The second-order valence-electron chi connectivity index (χ2n) is 8.62. The number of ether oxygens (including phenoxy) is 1. The summed E-state index contributed by atoms with van der Waals surface area (Å²) >= 11 is 0.